The van der Waals surface area contributed by atoms with Gasteiger partial charge in [-0.3, -0.25) is 4.84 Å². The maximum absolute atomic E-state index is 5.84. The number of ether oxygens (including phenoxy) is 1. The van der Waals surface area contributed by atoms with Crippen LogP contribution in [-0.4, -0.2) is 30.2 Å². The van der Waals surface area contributed by atoms with E-state index in [0.717, 1.165) is 0 Å². The van der Waals surface area contributed by atoms with Gasteiger partial charge in [0.25, 0.3) is 0 Å². The average Bonchev–Trinajstić information content (AvgIpc) is 2.19. The summed E-state index contributed by atoms with van der Waals surface area (Å²) in [6.45, 7) is 3.81. The van der Waals surface area contributed by atoms with Gasteiger partial charge in [-0.2, -0.15) is 4.98 Å². The first kappa shape index (κ1) is 11.5. The Balaban J connectivity index is 3.00. The van der Waals surface area contributed by atoms with Crippen LogP contribution in [0.2, 0.25) is 0 Å². The molecule has 0 aliphatic rings. The van der Waals surface area contributed by atoms with Crippen molar-refractivity contribution in [3.8, 4) is 5.88 Å². The van der Waals surface area contributed by atoms with Gasteiger partial charge in [-0.25, -0.2) is 10.0 Å². The normalized spacial score (nSPS) is 10.5. The summed E-state index contributed by atoms with van der Waals surface area (Å²) in [7, 11) is 3.24. The molecule has 0 aliphatic carbocycles. The maximum atomic E-state index is 5.84. The van der Waals surface area contributed by atoms with Crippen molar-refractivity contribution in [3.05, 3.63) is 6.33 Å². The molecule has 0 fully saturated rings. The van der Waals surface area contributed by atoms with Gasteiger partial charge in [-0.05, 0) is 13.8 Å². The molecule has 1 rings (SSSR count). The van der Waals surface area contributed by atoms with Crippen LogP contribution < -0.4 is 15.5 Å². The first-order chi connectivity index (χ1) is 7.06. The lowest BCUT2D eigenvalue weighted by Crippen LogP contribution is -2.19. The summed E-state index contributed by atoms with van der Waals surface area (Å²) in [4.78, 5) is 12.9. The molecule has 1 heterocycles. The van der Waals surface area contributed by atoms with Gasteiger partial charge in [0.15, 0.2) is 5.82 Å². The minimum absolute atomic E-state index is 0.0166. The molecule has 1 aromatic heterocycles. The number of hydrogen-bond donors (Lipinski definition) is 1. The fraction of sp³-hybridized carbons (Fsp3) is 0.556. The van der Waals surface area contributed by atoms with Crippen molar-refractivity contribution in [2.45, 2.75) is 20.0 Å². The molecule has 1 aromatic rings. The van der Waals surface area contributed by atoms with Crippen LogP contribution >= 0.6 is 0 Å². The van der Waals surface area contributed by atoms with E-state index in [1.165, 1.54) is 18.5 Å². The van der Waals surface area contributed by atoms with Gasteiger partial charge < -0.3 is 10.5 Å². The Morgan fingerprint density at radius 2 is 2.07 bits per heavy atom. The van der Waals surface area contributed by atoms with Gasteiger partial charge in [0.1, 0.15) is 12.0 Å². The van der Waals surface area contributed by atoms with Crippen LogP contribution in [0.5, 0.6) is 5.88 Å². The van der Waals surface area contributed by atoms with Crippen molar-refractivity contribution in [1.29, 1.82) is 0 Å². The fourth-order valence-corrected chi connectivity index (χ4v) is 1.03. The van der Waals surface area contributed by atoms with Gasteiger partial charge in [0.2, 0.25) is 5.88 Å². The van der Waals surface area contributed by atoms with Crippen molar-refractivity contribution in [1.82, 2.24) is 9.97 Å². The van der Waals surface area contributed by atoms with Gasteiger partial charge in [-0.1, -0.05) is 0 Å². The van der Waals surface area contributed by atoms with Gasteiger partial charge in [-0.15, -0.1) is 0 Å². The highest BCUT2D eigenvalue weighted by Crippen LogP contribution is 2.27. The van der Waals surface area contributed by atoms with E-state index in [4.69, 9.17) is 15.3 Å². The van der Waals surface area contributed by atoms with Crippen molar-refractivity contribution < 1.29 is 9.57 Å². The summed E-state index contributed by atoms with van der Waals surface area (Å²) in [5, 5.41) is 1.45. The molecule has 84 valence electrons. The Kier molecular flexibility index (Phi) is 3.68. The molecule has 0 saturated carbocycles. The van der Waals surface area contributed by atoms with E-state index in [-0.39, 0.29) is 6.10 Å². The Hall–Kier alpha value is -1.56. The lowest BCUT2D eigenvalue weighted by Gasteiger charge is -2.18. The minimum atomic E-state index is 0.0166. The summed E-state index contributed by atoms with van der Waals surface area (Å²) in [6.07, 6.45) is 1.40. The number of hydroxylamine groups is 1. The monoisotopic (exact) mass is 212 g/mol. The quantitative estimate of drug-likeness (QED) is 0.746. The number of nitrogens with two attached hydrogens (primary N) is 1. The van der Waals surface area contributed by atoms with E-state index in [2.05, 4.69) is 9.97 Å². The van der Waals surface area contributed by atoms with Crippen LogP contribution in [0.1, 0.15) is 13.8 Å². The number of nitrogen functional groups attached to an aromatic ring is 1. The first-order valence-corrected chi connectivity index (χ1v) is 4.61. The predicted octanol–water partition coefficient (Wildman–Crippen LogP) is 0.844. The van der Waals surface area contributed by atoms with Gasteiger partial charge >= 0.3 is 0 Å². The first-order valence-electron chi connectivity index (χ1n) is 4.61. The zero-order chi connectivity index (χ0) is 11.4. The van der Waals surface area contributed by atoms with E-state index >= 15 is 0 Å². The molecule has 0 atom stereocenters. The molecule has 6 nitrogen and oxygen atoms in total. The van der Waals surface area contributed by atoms with Crippen LogP contribution in [0, 0.1) is 0 Å². The zero-order valence-electron chi connectivity index (χ0n) is 9.39. The van der Waals surface area contributed by atoms with Gasteiger partial charge in [0, 0.05) is 7.05 Å². The predicted molar refractivity (Wildman–Crippen MR) is 57.6 cm³/mol. The van der Waals surface area contributed by atoms with Crippen LogP contribution in [-0.2, 0) is 4.84 Å². The maximum Gasteiger partial charge on any atom is 0.242 e. The molecule has 2 N–H and O–H groups in total. The summed E-state index contributed by atoms with van der Waals surface area (Å²) in [5.74, 6) is 0.863. The largest absolute Gasteiger partial charge is 0.473 e. The molecule has 0 radical (unpaired) electrons. The smallest absolute Gasteiger partial charge is 0.242 e. The third-order valence-electron chi connectivity index (χ3n) is 1.75. The van der Waals surface area contributed by atoms with Crippen molar-refractivity contribution in [3.63, 3.8) is 0 Å². The molecule has 0 spiro atoms. The zero-order valence-corrected chi connectivity index (χ0v) is 9.39. The van der Waals surface area contributed by atoms with Crippen molar-refractivity contribution in [2.75, 3.05) is 25.0 Å². The lowest BCUT2D eigenvalue weighted by atomic mass is 10.4. The molecule has 6 heteroatoms. The minimum Gasteiger partial charge on any atom is -0.473 e. The molecular formula is C9H16N4O2. The van der Waals surface area contributed by atoms with Crippen molar-refractivity contribution >= 4 is 11.5 Å². The number of aromatic nitrogens is 2. The standard InChI is InChI=1S/C9H16N4O2/c1-6(2)15-9-7(10)8(11-5-12-9)13(3)14-4/h5-6H,10H2,1-4H3. The molecular weight excluding hydrogens is 196 g/mol. The highest BCUT2D eigenvalue weighted by molar-refractivity contribution is 5.66. The average molecular weight is 212 g/mol. The molecule has 0 saturated heterocycles. The van der Waals surface area contributed by atoms with Gasteiger partial charge in [0.05, 0.1) is 13.2 Å². The summed E-state index contributed by atoms with van der Waals surface area (Å²) < 4.78 is 5.42. The third kappa shape index (κ3) is 2.69. The molecule has 0 aliphatic heterocycles. The van der Waals surface area contributed by atoms with Crippen LogP contribution in [0.3, 0.4) is 0 Å². The van der Waals surface area contributed by atoms with E-state index in [1.54, 1.807) is 7.05 Å². The van der Waals surface area contributed by atoms with Crippen LogP contribution in [0.25, 0.3) is 0 Å². The summed E-state index contributed by atoms with van der Waals surface area (Å²) in [5.41, 5.74) is 6.21. The topological polar surface area (TPSA) is 73.5 Å². The number of rotatable bonds is 4. The van der Waals surface area contributed by atoms with Crippen LogP contribution in [0.4, 0.5) is 11.5 Å². The molecule has 0 aromatic carbocycles. The second-order valence-corrected chi connectivity index (χ2v) is 3.26. The molecule has 0 amide bonds. The Morgan fingerprint density at radius 1 is 1.40 bits per heavy atom. The van der Waals surface area contributed by atoms with E-state index in [0.29, 0.717) is 17.4 Å². The molecule has 15 heavy (non-hydrogen) atoms. The summed E-state index contributed by atoms with van der Waals surface area (Å²) >= 11 is 0. The Bertz CT molecular complexity index is 330. The highest BCUT2D eigenvalue weighted by atomic mass is 16.7. The molecule has 0 unspecified atom stereocenters. The lowest BCUT2D eigenvalue weighted by molar-refractivity contribution is 0.181. The van der Waals surface area contributed by atoms with Crippen LogP contribution in [0.15, 0.2) is 6.33 Å². The Labute approximate surface area is 89.0 Å². The van der Waals surface area contributed by atoms with E-state index in [9.17, 15) is 0 Å². The summed E-state index contributed by atoms with van der Waals surface area (Å²) in [6, 6.07) is 0. The second kappa shape index (κ2) is 4.79. The molecule has 0 bridgehead atoms. The number of nitrogens with zero attached hydrogens (tertiary/aromatic N) is 3. The van der Waals surface area contributed by atoms with Crippen molar-refractivity contribution in [2.24, 2.45) is 0 Å². The van der Waals surface area contributed by atoms with E-state index < -0.39 is 0 Å². The second-order valence-electron chi connectivity index (χ2n) is 3.26. The van der Waals surface area contributed by atoms with E-state index in [1.807, 2.05) is 13.8 Å². The number of hydrogen-bond acceptors (Lipinski definition) is 6. The third-order valence-corrected chi connectivity index (χ3v) is 1.75. The Morgan fingerprint density at radius 3 is 2.60 bits per heavy atom. The highest BCUT2D eigenvalue weighted by Gasteiger charge is 2.13. The number of anilines is 2. The fourth-order valence-electron chi connectivity index (χ4n) is 1.03. The SMILES string of the molecule is CON(C)c1ncnc(OC(C)C)c1N.